The smallest absolute Gasteiger partial charge is 0.223 e. The predicted octanol–water partition coefficient (Wildman–Crippen LogP) is 1.79. The molecule has 1 aromatic carbocycles. The van der Waals surface area contributed by atoms with E-state index in [1.165, 1.54) is 6.39 Å². The fraction of sp³-hybridized carbons (Fsp3) is 0.467. The van der Waals surface area contributed by atoms with Crippen LogP contribution >= 0.6 is 0 Å². The summed E-state index contributed by atoms with van der Waals surface area (Å²) in [5.41, 5.74) is 2.64. The molecule has 5 nitrogen and oxygen atoms in total. The number of nitrogens with one attached hydrogen (secondary N) is 1. The van der Waals surface area contributed by atoms with Crippen molar-refractivity contribution in [1.82, 2.24) is 15.2 Å². The molecular formula is C15H19N3O2. The molecule has 0 saturated carbocycles. The van der Waals surface area contributed by atoms with Gasteiger partial charge in [0, 0.05) is 12.5 Å². The number of aromatic nitrogens is 1. The summed E-state index contributed by atoms with van der Waals surface area (Å²) in [6.07, 6.45) is 3.33. The van der Waals surface area contributed by atoms with Crippen LogP contribution in [0.25, 0.3) is 11.1 Å². The molecule has 0 aliphatic carbocycles. The second-order valence-corrected chi connectivity index (χ2v) is 5.45. The van der Waals surface area contributed by atoms with Crippen molar-refractivity contribution >= 4 is 17.0 Å². The van der Waals surface area contributed by atoms with Gasteiger partial charge in [-0.05, 0) is 50.7 Å². The molecule has 1 N–H and O–H groups in total. The molecule has 1 aliphatic heterocycles. The van der Waals surface area contributed by atoms with E-state index in [0.717, 1.165) is 42.6 Å². The SMILES string of the molecule is CN1CCC(C(=O)NCc2ccc3ncoc3c2)CC1. The highest BCUT2D eigenvalue weighted by atomic mass is 16.3. The van der Waals surface area contributed by atoms with Crippen LogP contribution in [-0.4, -0.2) is 35.9 Å². The normalized spacial score (nSPS) is 17.4. The Balaban J connectivity index is 1.57. The number of hydrogen-bond acceptors (Lipinski definition) is 4. The molecule has 1 fully saturated rings. The summed E-state index contributed by atoms with van der Waals surface area (Å²) in [5, 5.41) is 3.02. The maximum atomic E-state index is 12.1. The first-order valence-electron chi connectivity index (χ1n) is 7.01. The van der Waals surface area contributed by atoms with Gasteiger partial charge in [-0.1, -0.05) is 6.07 Å². The van der Waals surface area contributed by atoms with Gasteiger partial charge in [0.05, 0.1) is 0 Å². The van der Waals surface area contributed by atoms with Crippen molar-refractivity contribution in [1.29, 1.82) is 0 Å². The number of hydrogen-bond donors (Lipinski definition) is 1. The zero-order chi connectivity index (χ0) is 13.9. The van der Waals surface area contributed by atoms with Crippen molar-refractivity contribution < 1.29 is 9.21 Å². The Bertz CT molecular complexity index is 600. The maximum Gasteiger partial charge on any atom is 0.223 e. The van der Waals surface area contributed by atoms with Crippen LogP contribution in [0.1, 0.15) is 18.4 Å². The molecule has 0 atom stereocenters. The number of oxazole rings is 1. The minimum absolute atomic E-state index is 0.153. The molecule has 5 heteroatoms. The molecule has 0 unspecified atom stereocenters. The Morgan fingerprint density at radius 1 is 1.45 bits per heavy atom. The molecule has 0 spiro atoms. The molecule has 2 heterocycles. The summed E-state index contributed by atoms with van der Waals surface area (Å²) < 4.78 is 5.26. The molecular weight excluding hydrogens is 254 g/mol. The first kappa shape index (κ1) is 13.1. The maximum absolute atomic E-state index is 12.1. The monoisotopic (exact) mass is 273 g/mol. The van der Waals surface area contributed by atoms with Gasteiger partial charge in [0.2, 0.25) is 5.91 Å². The molecule has 3 rings (SSSR count). The molecule has 106 valence electrons. The fourth-order valence-electron chi connectivity index (χ4n) is 2.61. The van der Waals surface area contributed by atoms with Gasteiger partial charge in [0.25, 0.3) is 0 Å². The first-order valence-corrected chi connectivity index (χ1v) is 7.01. The van der Waals surface area contributed by atoms with E-state index in [0.29, 0.717) is 6.54 Å². The highest BCUT2D eigenvalue weighted by Gasteiger charge is 2.22. The summed E-state index contributed by atoms with van der Waals surface area (Å²) >= 11 is 0. The lowest BCUT2D eigenvalue weighted by Crippen LogP contribution is -2.38. The van der Waals surface area contributed by atoms with Gasteiger partial charge in [-0.3, -0.25) is 4.79 Å². The van der Waals surface area contributed by atoms with E-state index in [2.05, 4.69) is 22.2 Å². The minimum Gasteiger partial charge on any atom is -0.443 e. The zero-order valence-corrected chi connectivity index (χ0v) is 11.6. The lowest BCUT2D eigenvalue weighted by molar-refractivity contribution is -0.126. The average Bonchev–Trinajstić information content (AvgIpc) is 2.93. The largest absolute Gasteiger partial charge is 0.443 e. The second-order valence-electron chi connectivity index (χ2n) is 5.45. The van der Waals surface area contributed by atoms with Gasteiger partial charge in [0.15, 0.2) is 12.0 Å². The van der Waals surface area contributed by atoms with Gasteiger partial charge in [-0.15, -0.1) is 0 Å². The number of likely N-dealkylation sites (tertiary alicyclic amines) is 1. The molecule has 0 bridgehead atoms. The zero-order valence-electron chi connectivity index (χ0n) is 11.6. The van der Waals surface area contributed by atoms with Crippen molar-refractivity contribution in [2.45, 2.75) is 19.4 Å². The lowest BCUT2D eigenvalue weighted by atomic mass is 9.96. The van der Waals surface area contributed by atoms with Crippen LogP contribution in [0.5, 0.6) is 0 Å². The third-order valence-electron chi connectivity index (χ3n) is 3.95. The predicted molar refractivity (Wildman–Crippen MR) is 76.1 cm³/mol. The lowest BCUT2D eigenvalue weighted by Gasteiger charge is -2.28. The Morgan fingerprint density at radius 3 is 3.05 bits per heavy atom. The summed E-state index contributed by atoms with van der Waals surface area (Å²) in [5.74, 6) is 0.316. The quantitative estimate of drug-likeness (QED) is 0.926. The molecule has 20 heavy (non-hydrogen) atoms. The Labute approximate surface area is 118 Å². The number of benzene rings is 1. The third-order valence-corrected chi connectivity index (χ3v) is 3.95. The average molecular weight is 273 g/mol. The van der Waals surface area contributed by atoms with Crippen molar-refractivity contribution in [2.75, 3.05) is 20.1 Å². The van der Waals surface area contributed by atoms with Crippen molar-refractivity contribution in [3.8, 4) is 0 Å². The number of piperidine rings is 1. The van der Waals surface area contributed by atoms with Crippen LogP contribution in [0.3, 0.4) is 0 Å². The Kier molecular flexibility index (Phi) is 3.69. The molecule has 1 aromatic heterocycles. The van der Waals surface area contributed by atoms with Crippen molar-refractivity contribution in [3.63, 3.8) is 0 Å². The van der Waals surface area contributed by atoms with E-state index < -0.39 is 0 Å². The summed E-state index contributed by atoms with van der Waals surface area (Å²) in [6.45, 7) is 2.55. The van der Waals surface area contributed by atoms with Gasteiger partial charge in [0.1, 0.15) is 5.52 Å². The van der Waals surface area contributed by atoms with E-state index >= 15 is 0 Å². The Hall–Kier alpha value is -1.88. The standard InChI is InChI=1S/C15H19N3O2/c1-18-6-4-12(5-7-18)15(19)16-9-11-2-3-13-14(8-11)20-10-17-13/h2-3,8,10,12H,4-7,9H2,1H3,(H,16,19). The number of nitrogens with zero attached hydrogens (tertiary/aromatic N) is 2. The Morgan fingerprint density at radius 2 is 2.25 bits per heavy atom. The fourth-order valence-corrected chi connectivity index (χ4v) is 2.61. The van der Waals surface area contributed by atoms with E-state index in [1.54, 1.807) is 0 Å². The van der Waals surface area contributed by atoms with E-state index in [9.17, 15) is 4.79 Å². The topological polar surface area (TPSA) is 58.4 Å². The van der Waals surface area contributed by atoms with E-state index in [-0.39, 0.29) is 11.8 Å². The number of carbonyl (C=O) groups is 1. The highest BCUT2D eigenvalue weighted by Crippen LogP contribution is 2.17. The van der Waals surface area contributed by atoms with Gasteiger partial charge in [-0.2, -0.15) is 0 Å². The second kappa shape index (κ2) is 5.63. The van der Waals surface area contributed by atoms with Crippen LogP contribution < -0.4 is 5.32 Å². The van der Waals surface area contributed by atoms with Crippen LogP contribution in [0, 0.1) is 5.92 Å². The van der Waals surface area contributed by atoms with Gasteiger partial charge in [-0.25, -0.2) is 4.98 Å². The van der Waals surface area contributed by atoms with Crippen LogP contribution in [0.2, 0.25) is 0 Å². The molecule has 2 aromatic rings. The summed E-state index contributed by atoms with van der Waals surface area (Å²) in [7, 11) is 2.10. The summed E-state index contributed by atoms with van der Waals surface area (Å²) in [4.78, 5) is 18.5. The molecule has 1 saturated heterocycles. The van der Waals surface area contributed by atoms with Gasteiger partial charge < -0.3 is 14.6 Å². The van der Waals surface area contributed by atoms with Gasteiger partial charge >= 0.3 is 0 Å². The van der Waals surface area contributed by atoms with E-state index in [1.807, 2.05) is 18.2 Å². The molecule has 1 amide bonds. The highest BCUT2D eigenvalue weighted by molar-refractivity contribution is 5.79. The van der Waals surface area contributed by atoms with Crippen LogP contribution in [0.15, 0.2) is 29.0 Å². The molecule has 0 radical (unpaired) electrons. The number of amides is 1. The van der Waals surface area contributed by atoms with Crippen molar-refractivity contribution in [2.24, 2.45) is 5.92 Å². The number of fused-ring (bicyclic) bond motifs is 1. The summed E-state index contributed by atoms with van der Waals surface area (Å²) in [6, 6.07) is 5.81. The van der Waals surface area contributed by atoms with Crippen molar-refractivity contribution in [3.05, 3.63) is 30.2 Å². The van der Waals surface area contributed by atoms with Crippen LogP contribution in [0.4, 0.5) is 0 Å². The third kappa shape index (κ3) is 2.82. The number of carbonyl (C=O) groups excluding carboxylic acids is 1. The van der Waals surface area contributed by atoms with E-state index in [4.69, 9.17) is 4.42 Å². The molecule has 1 aliphatic rings. The first-order chi connectivity index (χ1) is 9.72. The number of rotatable bonds is 3. The minimum atomic E-state index is 0.153. The van der Waals surface area contributed by atoms with Crippen LogP contribution in [-0.2, 0) is 11.3 Å².